The van der Waals surface area contributed by atoms with Crippen LogP contribution < -0.4 is 20.7 Å². The smallest absolute Gasteiger partial charge is 0.406 e. The van der Waals surface area contributed by atoms with Crippen molar-refractivity contribution in [1.29, 1.82) is 0 Å². The number of rotatable bonds is 6. The molecule has 1 amide bonds. The van der Waals surface area contributed by atoms with Crippen molar-refractivity contribution in [1.82, 2.24) is 5.32 Å². The normalized spacial score (nSPS) is 18.0. The molecule has 0 saturated carbocycles. The van der Waals surface area contributed by atoms with Crippen molar-refractivity contribution < 1.29 is 22.7 Å². The minimum Gasteiger partial charge on any atom is -0.406 e. The first-order valence-electron chi connectivity index (χ1n) is 9.01. The largest absolute Gasteiger partial charge is 0.573 e. The zero-order chi connectivity index (χ0) is 20.1. The van der Waals surface area contributed by atoms with Crippen molar-refractivity contribution in [3.8, 4) is 5.75 Å². The number of nitrogens with one attached hydrogen (secondary N) is 1. The third kappa shape index (κ3) is 5.63. The van der Waals surface area contributed by atoms with Gasteiger partial charge in [-0.3, -0.25) is 4.79 Å². The maximum atomic E-state index is 12.4. The van der Waals surface area contributed by atoms with Crippen LogP contribution in [0.2, 0.25) is 0 Å². The van der Waals surface area contributed by atoms with Crippen molar-refractivity contribution in [3.63, 3.8) is 0 Å². The molecular weight excluding hydrogens is 371 g/mol. The van der Waals surface area contributed by atoms with Gasteiger partial charge < -0.3 is 20.7 Å². The van der Waals surface area contributed by atoms with Crippen LogP contribution in [0.1, 0.15) is 24.4 Å². The molecule has 1 aliphatic rings. The lowest BCUT2D eigenvalue weighted by atomic mass is 10.0. The molecule has 5 nitrogen and oxygen atoms in total. The van der Waals surface area contributed by atoms with Gasteiger partial charge in [-0.25, -0.2) is 0 Å². The number of nitrogens with zero attached hydrogens (tertiary/aromatic N) is 1. The van der Waals surface area contributed by atoms with Crippen molar-refractivity contribution in [3.05, 3.63) is 60.2 Å². The van der Waals surface area contributed by atoms with E-state index < -0.39 is 6.36 Å². The van der Waals surface area contributed by atoms with Crippen LogP contribution in [-0.4, -0.2) is 31.4 Å². The van der Waals surface area contributed by atoms with Gasteiger partial charge in [0.15, 0.2) is 0 Å². The summed E-state index contributed by atoms with van der Waals surface area (Å²) in [4.78, 5) is 14.2. The second-order valence-corrected chi connectivity index (χ2v) is 6.77. The number of alkyl halides is 3. The number of hydrogen-bond acceptors (Lipinski definition) is 4. The summed E-state index contributed by atoms with van der Waals surface area (Å²) >= 11 is 0. The van der Waals surface area contributed by atoms with E-state index in [0.717, 1.165) is 5.56 Å². The highest BCUT2D eigenvalue weighted by atomic mass is 19.4. The van der Waals surface area contributed by atoms with E-state index in [1.165, 1.54) is 18.2 Å². The number of carbonyl (C=O) groups excluding carboxylic acids is 1. The summed E-state index contributed by atoms with van der Waals surface area (Å²) in [5.41, 5.74) is 7.60. The Hall–Kier alpha value is -2.74. The number of hydrogen-bond donors (Lipinski definition) is 2. The minimum atomic E-state index is -4.72. The van der Waals surface area contributed by atoms with Crippen molar-refractivity contribution in [2.45, 2.75) is 31.3 Å². The Morgan fingerprint density at radius 1 is 1.21 bits per heavy atom. The molecule has 1 saturated heterocycles. The topological polar surface area (TPSA) is 67.6 Å². The highest BCUT2D eigenvalue weighted by Crippen LogP contribution is 2.28. The van der Waals surface area contributed by atoms with E-state index in [1.807, 2.05) is 35.2 Å². The molecule has 1 aliphatic heterocycles. The van der Waals surface area contributed by atoms with E-state index in [0.29, 0.717) is 25.2 Å². The summed E-state index contributed by atoms with van der Waals surface area (Å²) in [7, 11) is 0. The first-order chi connectivity index (χ1) is 13.3. The lowest BCUT2D eigenvalue weighted by Gasteiger charge is -2.20. The number of carbonyl (C=O) groups is 1. The number of nitrogens with two attached hydrogens (primary N) is 1. The van der Waals surface area contributed by atoms with E-state index >= 15 is 0 Å². The number of amides is 1. The average Bonchev–Trinajstić information content (AvgIpc) is 3.09. The zero-order valence-corrected chi connectivity index (χ0v) is 15.2. The molecule has 8 heteroatoms. The molecule has 2 aromatic rings. The molecule has 3 rings (SSSR count). The molecule has 0 radical (unpaired) electrons. The van der Waals surface area contributed by atoms with Gasteiger partial charge in [0, 0.05) is 43.3 Å². The Labute approximate surface area is 161 Å². The van der Waals surface area contributed by atoms with Crippen LogP contribution >= 0.6 is 0 Å². The Morgan fingerprint density at radius 3 is 2.68 bits per heavy atom. The number of halogens is 3. The molecular formula is C20H22F3N3O2. The Kier molecular flexibility index (Phi) is 6.08. The van der Waals surface area contributed by atoms with Crippen molar-refractivity contribution >= 4 is 11.6 Å². The molecule has 2 unspecified atom stereocenters. The maximum absolute atomic E-state index is 12.4. The van der Waals surface area contributed by atoms with Crippen LogP contribution in [0.4, 0.5) is 18.9 Å². The predicted octanol–water partition coefficient (Wildman–Crippen LogP) is 3.37. The Balaban J connectivity index is 1.53. The second-order valence-electron chi connectivity index (χ2n) is 6.77. The van der Waals surface area contributed by atoms with Crippen LogP contribution in [0, 0.1) is 0 Å². The number of benzene rings is 2. The van der Waals surface area contributed by atoms with Gasteiger partial charge in [-0.2, -0.15) is 0 Å². The molecule has 3 N–H and O–H groups in total. The highest BCUT2D eigenvalue weighted by Gasteiger charge is 2.31. The van der Waals surface area contributed by atoms with E-state index in [1.54, 1.807) is 6.07 Å². The number of anilines is 1. The van der Waals surface area contributed by atoms with Gasteiger partial charge in [-0.05, 0) is 24.1 Å². The van der Waals surface area contributed by atoms with Crippen molar-refractivity contribution in [2.24, 2.45) is 5.73 Å². The Bertz CT molecular complexity index is 799. The van der Waals surface area contributed by atoms with Gasteiger partial charge in [0.1, 0.15) is 5.75 Å². The summed E-state index contributed by atoms with van der Waals surface area (Å²) in [6, 6.07) is 14.8. The molecule has 150 valence electrons. The maximum Gasteiger partial charge on any atom is 0.573 e. The number of ether oxygens (including phenoxy) is 1. The standard InChI is InChI=1S/C20H22F3N3O2/c21-20(22,23)28-17-8-4-7-16(11-17)26-10-9-15(13-26)25-19(27)12-18(24)14-5-2-1-3-6-14/h1-8,11,15,18H,9-10,12-13,24H2,(H,25,27). The fourth-order valence-electron chi connectivity index (χ4n) is 3.29. The van der Waals surface area contributed by atoms with E-state index in [9.17, 15) is 18.0 Å². The summed E-state index contributed by atoms with van der Waals surface area (Å²) in [5, 5.41) is 2.96. The van der Waals surface area contributed by atoms with E-state index in [2.05, 4.69) is 10.1 Å². The molecule has 0 aliphatic carbocycles. The van der Waals surface area contributed by atoms with Crippen LogP contribution in [0.3, 0.4) is 0 Å². The van der Waals surface area contributed by atoms with Gasteiger partial charge >= 0.3 is 6.36 Å². The van der Waals surface area contributed by atoms with Gasteiger partial charge in [0.05, 0.1) is 0 Å². The van der Waals surface area contributed by atoms with Crippen LogP contribution in [0.5, 0.6) is 5.75 Å². The molecule has 0 spiro atoms. The summed E-state index contributed by atoms with van der Waals surface area (Å²) in [5.74, 6) is -0.399. The summed E-state index contributed by atoms with van der Waals surface area (Å²) < 4.78 is 41.1. The minimum absolute atomic E-state index is 0.0809. The molecule has 0 aromatic heterocycles. The average molecular weight is 393 g/mol. The Morgan fingerprint density at radius 2 is 1.96 bits per heavy atom. The zero-order valence-electron chi connectivity index (χ0n) is 15.2. The monoisotopic (exact) mass is 393 g/mol. The SMILES string of the molecule is NC(CC(=O)NC1CCN(c2cccc(OC(F)(F)F)c2)C1)c1ccccc1. The third-order valence-corrected chi connectivity index (χ3v) is 4.60. The van der Waals surface area contributed by atoms with Crippen LogP contribution in [-0.2, 0) is 4.79 Å². The molecule has 1 heterocycles. The molecule has 0 bridgehead atoms. The summed E-state index contributed by atoms with van der Waals surface area (Å²) in [6.07, 6.45) is -3.84. The lowest BCUT2D eigenvalue weighted by Crippen LogP contribution is -2.38. The highest BCUT2D eigenvalue weighted by molar-refractivity contribution is 5.77. The van der Waals surface area contributed by atoms with Crippen LogP contribution in [0.25, 0.3) is 0 Å². The van der Waals surface area contributed by atoms with Gasteiger partial charge in [-0.15, -0.1) is 13.2 Å². The van der Waals surface area contributed by atoms with Crippen molar-refractivity contribution in [2.75, 3.05) is 18.0 Å². The molecule has 2 atom stereocenters. The van der Waals surface area contributed by atoms with Gasteiger partial charge in [0.2, 0.25) is 5.91 Å². The van der Waals surface area contributed by atoms with E-state index in [-0.39, 0.29) is 30.2 Å². The fourth-order valence-corrected chi connectivity index (χ4v) is 3.29. The first kappa shape index (κ1) is 20.0. The summed E-state index contributed by atoms with van der Waals surface area (Å²) in [6.45, 7) is 1.15. The van der Waals surface area contributed by atoms with Gasteiger partial charge in [-0.1, -0.05) is 36.4 Å². The molecule has 28 heavy (non-hydrogen) atoms. The van der Waals surface area contributed by atoms with Gasteiger partial charge in [0.25, 0.3) is 0 Å². The molecule has 1 fully saturated rings. The van der Waals surface area contributed by atoms with Crippen LogP contribution in [0.15, 0.2) is 54.6 Å². The first-order valence-corrected chi connectivity index (χ1v) is 9.01. The second kappa shape index (κ2) is 8.52. The quantitative estimate of drug-likeness (QED) is 0.790. The predicted molar refractivity (Wildman–Crippen MR) is 99.9 cm³/mol. The molecule has 2 aromatic carbocycles. The third-order valence-electron chi connectivity index (χ3n) is 4.60. The fraction of sp³-hybridized carbons (Fsp3) is 0.350. The lowest BCUT2D eigenvalue weighted by molar-refractivity contribution is -0.274. The van der Waals surface area contributed by atoms with E-state index in [4.69, 9.17) is 5.73 Å².